The SMILES string of the molecule is Nc1ccc(C2=CC(c3ccc(O)c(O)c3)=CNC2N)cc1Cl. The predicted octanol–water partition coefficient (Wildman–Crippen LogP) is 2.65. The van der Waals surface area contributed by atoms with Crippen molar-refractivity contribution < 1.29 is 10.2 Å². The minimum Gasteiger partial charge on any atom is -0.504 e. The van der Waals surface area contributed by atoms with Gasteiger partial charge in [-0.3, -0.25) is 0 Å². The Bertz CT molecular complexity index is 831. The van der Waals surface area contributed by atoms with Crippen molar-refractivity contribution in [3.05, 3.63) is 64.8 Å². The third-order valence-corrected chi connectivity index (χ3v) is 4.03. The largest absolute Gasteiger partial charge is 0.504 e. The topological polar surface area (TPSA) is 105 Å². The van der Waals surface area contributed by atoms with Gasteiger partial charge in [-0.1, -0.05) is 23.7 Å². The maximum absolute atomic E-state index is 9.66. The Morgan fingerprint density at radius 3 is 2.43 bits per heavy atom. The predicted molar refractivity (Wildman–Crippen MR) is 92.7 cm³/mol. The molecule has 0 spiro atoms. The van der Waals surface area contributed by atoms with E-state index in [2.05, 4.69) is 5.32 Å². The van der Waals surface area contributed by atoms with Gasteiger partial charge >= 0.3 is 0 Å². The number of anilines is 1. The second-order valence-electron chi connectivity index (χ2n) is 5.28. The van der Waals surface area contributed by atoms with E-state index in [0.717, 1.165) is 22.3 Å². The first-order chi connectivity index (χ1) is 11.0. The van der Waals surface area contributed by atoms with Crippen molar-refractivity contribution in [3.63, 3.8) is 0 Å². The summed E-state index contributed by atoms with van der Waals surface area (Å²) in [7, 11) is 0. The number of aromatic hydroxyl groups is 2. The van der Waals surface area contributed by atoms with E-state index in [1.54, 1.807) is 24.4 Å². The third-order valence-electron chi connectivity index (χ3n) is 3.71. The first-order valence-electron chi connectivity index (χ1n) is 6.97. The second-order valence-corrected chi connectivity index (χ2v) is 5.69. The molecule has 7 N–H and O–H groups in total. The summed E-state index contributed by atoms with van der Waals surface area (Å²) in [6.45, 7) is 0. The highest BCUT2D eigenvalue weighted by Gasteiger charge is 2.17. The molecule has 0 saturated heterocycles. The van der Waals surface area contributed by atoms with Crippen molar-refractivity contribution in [3.8, 4) is 11.5 Å². The van der Waals surface area contributed by atoms with Gasteiger partial charge in [-0.15, -0.1) is 0 Å². The van der Waals surface area contributed by atoms with E-state index in [-0.39, 0.29) is 17.7 Å². The van der Waals surface area contributed by atoms with Crippen LogP contribution in [-0.2, 0) is 0 Å². The van der Waals surface area contributed by atoms with E-state index in [1.807, 2.05) is 12.1 Å². The maximum Gasteiger partial charge on any atom is 0.158 e. The van der Waals surface area contributed by atoms with E-state index in [0.29, 0.717) is 10.7 Å². The summed E-state index contributed by atoms with van der Waals surface area (Å²) < 4.78 is 0. The molecule has 1 aliphatic heterocycles. The number of rotatable bonds is 2. The standard InChI is InChI=1S/C17H16ClN3O2/c18-13-6-10(1-3-14(13)19)12-5-11(8-21-17(12)20)9-2-4-15(22)16(23)7-9/h1-8,17,21-23H,19-20H2. The molecule has 0 saturated carbocycles. The molecule has 0 amide bonds. The summed E-state index contributed by atoms with van der Waals surface area (Å²) in [5.41, 5.74) is 15.6. The number of halogens is 1. The Hall–Kier alpha value is -2.63. The van der Waals surface area contributed by atoms with E-state index in [1.165, 1.54) is 12.1 Å². The summed E-state index contributed by atoms with van der Waals surface area (Å²) in [5.74, 6) is -0.340. The van der Waals surface area contributed by atoms with Crippen LogP contribution in [0.5, 0.6) is 11.5 Å². The third kappa shape index (κ3) is 2.97. The van der Waals surface area contributed by atoms with Gasteiger partial charge in [-0.2, -0.15) is 0 Å². The summed E-state index contributed by atoms with van der Waals surface area (Å²) in [6.07, 6.45) is 3.29. The lowest BCUT2D eigenvalue weighted by atomic mass is 9.95. The number of phenols is 2. The van der Waals surface area contributed by atoms with Crippen LogP contribution in [0.15, 0.2) is 48.7 Å². The average molecular weight is 330 g/mol. The van der Waals surface area contributed by atoms with Gasteiger partial charge in [-0.25, -0.2) is 0 Å². The molecule has 0 aromatic heterocycles. The van der Waals surface area contributed by atoms with Crippen LogP contribution in [-0.4, -0.2) is 16.4 Å². The lowest BCUT2D eigenvalue weighted by Crippen LogP contribution is -2.36. The number of dihydropyridines is 1. The number of phenolic OH excluding ortho intramolecular Hbond substituents is 2. The number of nitrogen functional groups attached to an aromatic ring is 1. The van der Waals surface area contributed by atoms with Gasteiger partial charge in [0.15, 0.2) is 11.5 Å². The molecule has 5 nitrogen and oxygen atoms in total. The minimum atomic E-state index is -0.385. The highest BCUT2D eigenvalue weighted by Crippen LogP contribution is 2.33. The zero-order valence-electron chi connectivity index (χ0n) is 12.1. The molecule has 6 heteroatoms. The number of nitrogens with two attached hydrogens (primary N) is 2. The molecule has 2 aromatic rings. The van der Waals surface area contributed by atoms with Crippen molar-refractivity contribution in [2.75, 3.05) is 5.73 Å². The van der Waals surface area contributed by atoms with Crippen molar-refractivity contribution in [1.82, 2.24) is 5.32 Å². The summed E-state index contributed by atoms with van der Waals surface area (Å²) in [4.78, 5) is 0. The smallest absolute Gasteiger partial charge is 0.158 e. The second kappa shape index (κ2) is 5.87. The summed E-state index contributed by atoms with van der Waals surface area (Å²) in [6, 6.07) is 9.99. The molecule has 3 rings (SSSR count). The van der Waals surface area contributed by atoms with Crippen molar-refractivity contribution in [2.45, 2.75) is 6.17 Å². The van der Waals surface area contributed by atoms with E-state index < -0.39 is 0 Å². The van der Waals surface area contributed by atoms with Crippen LogP contribution >= 0.6 is 11.6 Å². The van der Waals surface area contributed by atoms with Gasteiger partial charge in [0.2, 0.25) is 0 Å². The van der Waals surface area contributed by atoms with Crippen LogP contribution in [0, 0.1) is 0 Å². The number of nitrogens with one attached hydrogen (secondary N) is 1. The maximum atomic E-state index is 9.66. The monoisotopic (exact) mass is 329 g/mol. The molecule has 1 aliphatic rings. The zero-order valence-corrected chi connectivity index (χ0v) is 12.9. The molecule has 0 fully saturated rings. The molecular weight excluding hydrogens is 314 g/mol. The number of allylic oxidation sites excluding steroid dienone is 2. The lowest BCUT2D eigenvalue weighted by Gasteiger charge is -2.23. The van der Waals surface area contributed by atoms with E-state index in [4.69, 9.17) is 23.1 Å². The van der Waals surface area contributed by atoms with Crippen LogP contribution in [0.25, 0.3) is 11.1 Å². The van der Waals surface area contributed by atoms with Crippen LogP contribution < -0.4 is 16.8 Å². The fourth-order valence-corrected chi connectivity index (χ4v) is 2.59. The Morgan fingerprint density at radius 2 is 1.74 bits per heavy atom. The molecule has 0 aliphatic carbocycles. The zero-order chi connectivity index (χ0) is 16.6. The molecule has 23 heavy (non-hydrogen) atoms. The molecular formula is C17H16ClN3O2. The number of hydrogen-bond donors (Lipinski definition) is 5. The average Bonchev–Trinajstić information content (AvgIpc) is 2.53. The molecule has 2 aromatic carbocycles. The Morgan fingerprint density at radius 1 is 1.00 bits per heavy atom. The molecule has 1 unspecified atom stereocenters. The van der Waals surface area contributed by atoms with Crippen LogP contribution in [0.4, 0.5) is 5.69 Å². The van der Waals surface area contributed by atoms with Crippen LogP contribution in [0.1, 0.15) is 11.1 Å². The summed E-state index contributed by atoms with van der Waals surface area (Å²) >= 11 is 6.08. The normalized spacial score (nSPS) is 17.2. The highest BCUT2D eigenvalue weighted by molar-refractivity contribution is 6.33. The lowest BCUT2D eigenvalue weighted by molar-refractivity contribution is 0.403. The highest BCUT2D eigenvalue weighted by atomic mass is 35.5. The first kappa shape index (κ1) is 15.3. The number of hydrogen-bond acceptors (Lipinski definition) is 5. The van der Waals surface area contributed by atoms with Crippen molar-refractivity contribution >= 4 is 28.4 Å². The fourth-order valence-electron chi connectivity index (χ4n) is 2.41. The first-order valence-corrected chi connectivity index (χ1v) is 7.34. The molecule has 1 atom stereocenters. The number of benzene rings is 2. The molecule has 118 valence electrons. The van der Waals surface area contributed by atoms with E-state index >= 15 is 0 Å². The summed E-state index contributed by atoms with van der Waals surface area (Å²) in [5, 5.41) is 22.6. The van der Waals surface area contributed by atoms with Crippen molar-refractivity contribution in [1.29, 1.82) is 0 Å². The quantitative estimate of drug-likeness (QED) is 0.430. The fraction of sp³-hybridized carbons (Fsp3) is 0.0588. The molecule has 0 bridgehead atoms. The van der Waals surface area contributed by atoms with E-state index in [9.17, 15) is 10.2 Å². The van der Waals surface area contributed by atoms with Gasteiger partial charge in [0.25, 0.3) is 0 Å². The van der Waals surface area contributed by atoms with Gasteiger partial charge < -0.3 is 27.0 Å². The van der Waals surface area contributed by atoms with Crippen LogP contribution in [0.2, 0.25) is 5.02 Å². The Labute approximate surface area is 138 Å². The molecule has 1 heterocycles. The van der Waals surface area contributed by atoms with Gasteiger partial charge in [0, 0.05) is 6.20 Å². The Balaban J connectivity index is 2.02. The van der Waals surface area contributed by atoms with Crippen molar-refractivity contribution in [2.24, 2.45) is 5.73 Å². The Kier molecular flexibility index (Phi) is 3.90. The van der Waals surface area contributed by atoms with Gasteiger partial charge in [0.1, 0.15) is 6.17 Å². The van der Waals surface area contributed by atoms with Crippen LogP contribution in [0.3, 0.4) is 0 Å². The molecule has 0 radical (unpaired) electrons. The van der Waals surface area contributed by atoms with Gasteiger partial charge in [0.05, 0.1) is 10.7 Å². The van der Waals surface area contributed by atoms with Gasteiger partial charge in [-0.05, 0) is 52.6 Å². The minimum absolute atomic E-state index is 0.163.